The summed E-state index contributed by atoms with van der Waals surface area (Å²) in [5.41, 5.74) is 1.61. The van der Waals surface area contributed by atoms with Gasteiger partial charge in [-0.1, -0.05) is 0 Å². The highest BCUT2D eigenvalue weighted by Crippen LogP contribution is 2.27. The van der Waals surface area contributed by atoms with Gasteiger partial charge in [-0.25, -0.2) is 19.9 Å². The third kappa shape index (κ3) is 2.44. The highest BCUT2D eigenvalue weighted by Gasteiger charge is 2.21. The Morgan fingerprint density at radius 2 is 1.05 bits per heavy atom. The van der Waals surface area contributed by atoms with Crippen molar-refractivity contribution in [3.63, 3.8) is 0 Å². The fourth-order valence-corrected chi connectivity index (χ4v) is 2.87. The average Bonchev–Trinajstić information content (AvgIpc) is 2.62. The fraction of sp³-hybridized carbons (Fsp3) is 0.571. The molecule has 22 heavy (non-hydrogen) atoms. The highest BCUT2D eigenvalue weighted by molar-refractivity contribution is 5.92. The van der Waals surface area contributed by atoms with Gasteiger partial charge in [0, 0.05) is 26.2 Å². The van der Waals surface area contributed by atoms with Gasteiger partial charge in [0.05, 0.1) is 26.4 Å². The average molecular weight is 302 g/mol. The van der Waals surface area contributed by atoms with E-state index in [4.69, 9.17) is 9.47 Å². The van der Waals surface area contributed by atoms with Crippen LogP contribution in [-0.4, -0.2) is 72.5 Å². The molecule has 0 aliphatic carbocycles. The maximum absolute atomic E-state index is 5.41. The zero-order valence-corrected chi connectivity index (χ0v) is 12.3. The monoisotopic (exact) mass is 302 g/mol. The van der Waals surface area contributed by atoms with Crippen LogP contribution in [-0.2, 0) is 9.47 Å². The van der Waals surface area contributed by atoms with Crippen molar-refractivity contribution in [1.29, 1.82) is 0 Å². The number of aromatic nitrogens is 4. The van der Waals surface area contributed by atoms with Crippen molar-refractivity contribution >= 4 is 22.7 Å². The molecule has 2 saturated heterocycles. The van der Waals surface area contributed by atoms with Crippen LogP contribution in [0.2, 0.25) is 0 Å². The molecule has 4 heterocycles. The third-order valence-corrected chi connectivity index (χ3v) is 4.00. The van der Waals surface area contributed by atoms with E-state index in [9.17, 15) is 0 Å². The van der Waals surface area contributed by atoms with Gasteiger partial charge < -0.3 is 19.3 Å². The van der Waals surface area contributed by atoms with Crippen molar-refractivity contribution in [2.45, 2.75) is 0 Å². The second-order valence-corrected chi connectivity index (χ2v) is 5.29. The first kappa shape index (κ1) is 13.6. The summed E-state index contributed by atoms with van der Waals surface area (Å²) in [6.07, 6.45) is 3.20. The summed E-state index contributed by atoms with van der Waals surface area (Å²) >= 11 is 0. The van der Waals surface area contributed by atoms with Crippen LogP contribution in [0.15, 0.2) is 12.7 Å². The Labute approximate surface area is 128 Å². The Kier molecular flexibility index (Phi) is 3.69. The van der Waals surface area contributed by atoms with Gasteiger partial charge in [-0.3, -0.25) is 0 Å². The summed E-state index contributed by atoms with van der Waals surface area (Å²) in [6, 6.07) is 0. The molecule has 0 amide bonds. The van der Waals surface area contributed by atoms with Crippen molar-refractivity contribution in [1.82, 2.24) is 19.9 Å². The highest BCUT2D eigenvalue weighted by atomic mass is 16.5. The van der Waals surface area contributed by atoms with Crippen LogP contribution < -0.4 is 9.80 Å². The minimum absolute atomic E-state index is 0.715. The fourth-order valence-electron chi connectivity index (χ4n) is 2.87. The lowest BCUT2D eigenvalue weighted by atomic mass is 10.3. The van der Waals surface area contributed by atoms with E-state index in [-0.39, 0.29) is 0 Å². The van der Waals surface area contributed by atoms with E-state index >= 15 is 0 Å². The molecule has 8 heteroatoms. The first-order valence-electron chi connectivity index (χ1n) is 7.54. The Morgan fingerprint density at radius 1 is 0.636 bits per heavy atom. The number of rotatable bonds is 2. The number of nitrogens with zero attached hydrogens (tertiary/aromatic N) is 6. The summed E-state index contributed by atoms with van der Waals surface area (Å²) in [4.78, 5) is 22.2. The van der Waals surface area contributed by atoms with E-state index in [1.165, 1.54) is 0 Å². The van der Waals surface area contributed by atoms with Gasteiger partial charge in [0.2, 0.25) is 0 Å². The summed E-state index contributed by atoms with van der Waals surface area (Å²) < 4.78 is 10.8. The summed E-state index contributed by atoms with van der Waals surface area (Å²) in [5, 5.41) is 0. The van der Waals surface area contributed by atoms with E-state index in [2.05, 4.69) is 29.7 Å². The molecule has 2 aromatic heterocycles. The Balaban J connectivity index is 1.76. The molecular formula is C14H18N6O2. The summed E-state index contributed by atoms with van der Waals surface area (Å²) in [7, 11) is 0. The molecule has 0 bridgehead atoms. The quantitative estimate of drug-likeness (QED) is 0.773. The van der Waals surface area contributed by atoms with E-state index in [0.29, 0.717) is 26.4 Å². The van der Waals surface area contributed by atoms with Gasteiger partial charge in [0.1, 0.15) is 23.7 Å². The molecule has 2 fully saturated rings. The maximum atomic E-state index is 5.41. The van der Waals surface area contributed by atoms with E-state index in [0.717, 1.165) is 48.8 Å². The molecule has 0 unspecified atom stereocenters. The van der Waals surface area contributed by atoms with Crippen LogP contribution in [0.25, 0.3) is 11.0 Å². The maximum Gasteiger partial charge on any atom is 0.158 e. The normalized spacial score (nSPS) is 19.6. The molecule has 0 N–H and O–H groups in total. The molecule has 4 rings (SSSR count). The van der Waals surface area contributed by atoms with Gasteiger partial charge in [0.25, 0.3) is 0 Å². The number of ether oxygens (including phenoxy) is 2. The largest absolute Gasteiger partial charge is 0.378 e. The zero-order valence-electron chi connectivity index (χ0n) is 12.3. The zero-order chi connectivity index (χ0) is 14.8. The molecule has 0 saturated carbocycles. The van der Waals surface area contributed by atoms with Crippen LogP contribution >= 0.6 is 0 Å². The summed E-state index contributed by atoms with van der Waals surface area (Å²) in [5.74, 6) is 1.73. The molecular weight excluding hydrogens is 284 g/mol. The molecule has 0 aromatic carbocycles. The number of morpholine rings is 2. The minimum atomic E-state index is 0.715. The van der Waals surface area contributed by atoms with Crippen LogP contribution in [0.5, 0.6) is 0 Å². The van der Waals surface area contributed by atoms with Crippen molar-refractivity contribution in [2.75, 3.05) is 62.4 Å². The summed E-state index contributed by atoms with van der Waals surface area (Å²) in [6.45, 7) is 6.15. The minimum Gasteiger partial charge on any atom is -0.378 e. The van der Waals surface area contributed by atoms with Gasteiger partial charge in [-0.2, -0.15) is 0 Å². The van der Waals surface area contributed by atoms with E-state index in [1.807, 2.05) is 0 Å². The molecule has 2 aliphatic heterocycles. The predicted molar refractivity (Wildman–Crippen MR) is 81.2 cm³/mol. The van der Waals surface area contributed by atoms with Crippen molar-refractivity contribution < 1.29 is 9.47 Å². The van der Waals surface area contributed by atoms with Crippen molar-refractivity contribution in [3.8, 4) is 0 Å². The Hall–Kier alpha value is -2.06. The van der Waals surface area contributed by atoms with Crippen LogP contribution in [0, 0.1) is 0 Å². The SMILES string of the molecule is c1nc(N2CCOCC2)c2ncnc(N3CCOCC3)c2n1. The molecule has 0 radical (unpaired) electrons. The van der Waals surface area contributed by atoms with Crippen LogP contribution in [0.1, 0.15) is 0 Å². The first-order valence-corrected chi connectivity index (χ1v) is 7.54. The molecule has 2 aromatic rings. The molecule has 0 atom stereocenters. The Morgan fingerprint density at radius 3 is 1.45 bits per heavy atom. The topological polar surface area (TPSA) is 76.5 Å². The standard InChI is InChI=1S/C14H18N6O2/c1-5-21-6-2-19(1)13-11-12(16-9-17-13)14(18-10-15-11)20-3-7-22-8-4-20/h9-10H,1-8H2. The number of fused-ring (bicyclic) bond motifs is 1. The lowest BCUT2D eigenvalue weighted by Gasteiger charge is -2.30. The lowest BCUT2D eigenvalue weighted by Crippen LogP contribution is -2.38. The number of anilines is 2. The van der Waals surface area contributed by atoms with Gasteiger partial charge >= 0.3 is 0 Å². The smallest absolute Gasteiger partial charge is 0.158 e. The number of hydrogen-bond donors (Lipinski definition) is 0. The number of hydrogen-bond acceptors (Lipinski definition) is 8. The van der Waals surface area contributed by atoms with Gasteiger partial charge in [0.15, 0.2) is 11.6 Å². The molecule has 0 spiro atoms. The Bertz CT molecular complexity index is 598. The van der Waals surface area contributed by atoms with Gasteiger partial charge in [-0.05, 0) is 0 Å². The van der Waals surface area contributed by atoms with Gasteiger partial charge in [-0.15, -0.1) is 0 Å². The second-order valence-electron chi connectivity index (χ2n) is 5.29. The molecule has 116 valence electrons. The molecule has 2 aliphatic rings. The van der Waals surface area contributed by atoms with Crippen molar-refractivity contribution in [3.05, 3.63) is 12.7 Å². The van der Waals surface area contributed by atoms with E-state index in [1.54, 1.807) is 12.7 Å². The lowest BCUT2D eigenvalue weighted by molar-refractivity contribution is 0.122. The van der Waals surface area contributed by atoms with Crippen LogP contribution in [0.3, 0.4) is 0 Å². The third-order valence-electron chi connectivity index (χ3n) is 4.00. The second kappa shape index (κ2) is 5.98. The predicted octanol–water partition coefficient (Wildman–Crippen LogP) is 0.0930. The van der Waals surface area contributed by atoms with Crippen molar-refractivity contribution in [2.24, 2.45) is 0 Å². The first-order chi connectivity index (χ1) is 10.9. The van der Waals surface area contributed by atoms with E-state index < -0.39 is 0 Å². The van der Waals surface area contributed by atoms with Crippen LogP contribution in [0.4, 0.5) is 11.6 Å². The molecule has 8 nitrogen and oxygen atoms in total.